The summed E-state index contributed by atoms with van der Waals surface area (Å²) >= 11 is 0. The molecule has 1 heterocycles. The molecule has 184 valence electrons. The van der Waals surface area contributed by atoms with Crippen LogP contribution < -0.4 is 10.1 Å². The number of rotatable bonds is 6. The van der Waals surface area contributed by atoms with E-state index in [4.69, 9.17) is 4.74 Å². The smallest absolute Gasteiger partial charge is 0.217 e. The molecule has 1 aromatic carbocycles. The minimum Gasteiger partial charge on any atom is -0.490 e. The van der Waals surface area contributed by atoms with Gasteiger partial charge in [0.25, 0.3) is 0 Å². The van der Waals surface area contributed by atoms with E-state index in [1.807, 2.05) is 38.1 Å². The molecule has 3 atom stereocenters. The minimum absolute atomic E-state index is 0.0000365. The van der Waals surface area contributed by atoms with Crippen LogP contribution >= 0.6 is 0 Å². The monoisotopic (exact) mass is 469 g/mol. The van der Waals surface area contributed by atoms with Gasteiger partial charge in [-0.25, -0.2) is 14.4 Å². The lowest BCUT2D eigenvalue weighted by Crippen LogP contribution is -2.30. The van der Waals surface area contributed by atoms with Gasteiger partial charge in [-0.1, -0.05) is 12.1 Å². The number of amides is 1. The predicted octanol–water partition coefficient (Wildman–Crippen LogP) is 5.33. The summed E-state index contributed by atoms with van der Waals surface area (Å²) in [6.45, 7) is 5.31. The first-order chi connectivity index (χ1) is 16.2. The number of halogens is 1. The molecule has 2 N–H and O–H groups in total. The zero-order chi connectivity index (χ0) is 24.3. The first-order valence-electron chi connectivity index (χ1n) is 12.5. The number of aliphatic hydroxyl groups is 1. The van der Waals surface area contributed by atoms with Gasteiger partial charge in [0.2, 0.25) is 5.91 Å². The third-order valence-corrected chi connectivity index (χ3v) is 7.41. The van der Waals surface area contributed by atoms with Crippen molar-refractivity contribution >= 4 is 5.91 Å². The van der Waals surface area contributed by atoms with Crippen LogP contribution in [0.5, 0.6) is 5.75 Å². The quantitative estimate of drug-likeness (QED) is 0.598. The van der Waals surface area contributed by atoms with Gasteiger partial charge in [0.1, 0.15) is 12.1 Å². The molecule has 0 spiro atoms. The van der Waals surface area contributed by atoms with Crippen LogP contribution in [0.4, 0.5) is 4.39 Å². The fourth-order valence-electron chi connectivity index (χ4n) is 5.40. The maximum absolute atomic E-state index is 15.5. The Hall–Kier alpha value is -2.54. The van der Waals surface area contributed by atoms with Crippen LogP contribution in [0.1, 0.15) is 107 Å². The van der Waals surface area contributed by atoms with E-state index in [0.29, 0.717) is 24.2 Å². The predicted molar refractivity (Wildman–Crippen MR) is 128 cm³/mol. The lowest BCUT2D eigenvalue weighted by molar-refractivity contribution is -0.119. The topological polar surface area (TPSA) is 84.3 Å². The number of nitrogens with zero attached hydrogens (tertiary/aromatic N) is 2. The lowest BCUT2D eigenvalue weighted by atomic mass is 9.77. The molecule has 0 aliphatic heterocycles. The van der Waals surface area contributed by atoms with Gasteiger partial charge in [0, 0.05) is 18.8 Å². The van der Waals surface area contributed by atoms with E-state index in [2.05, 4.69) is 15.3 Å². The summed E-state index contributed by atoms with van der Waals surface area (Å²) in [5.74, 6) is 0.498. The molecule has 4 rings (SSSR count). The summed E-state index contributed by atoms with van der Waals surface area (Å²) in [6.07, 6.45) is 7.81. The first-order valence-corrected chi connectivity index (χ1v) is 12.5. The maximum Gasteiger partial charge on any atom is 0.217 e. The number of hydrogen-bond donors (Lipinski definition) is 2. The average molecular weight is 470 g/mol. The van der Waals surface area contributed by atoms with E-state index in [1.54, 1.807) is 0 Å². The fraction of sp³-hybridized carbons (Fsp3) is 0.593. The summed E-state index contributed by atoms with van der Waals surface area (Å²) in [6, 6.07) is 7.73. The van der Waals surface area contributed by atoms with Gasteiger partial charge in [-0.3, -0.25) is 4.79 Å². The third-order valence-electron chi connectivity index (χ3n) is 7.41. The van der Waals surface area contributed by atoms with Gasteiger partial charge in [-0.2, -0.15) is 0 Å². The molecular formula is C27H36FN3O3. The molecule has 0 saturated heterocycles. The van der Waals surface area contributed by atoms with Crippen LogP contribution in [-0.4, -0.2) is 32.7 Å². The van der Waals surface area contributed by atoms with Crippen molar-refractivity contribution < 1.29 is 19.0 Å². The van der Waals surface area contributed by atoms with Crippen molar-refractivity contribution in [1.29, 1.82) is 0 Å². The highest BCUT2D eigenvalue weighted by Gasteiger charge is 2.34. The van der Waals surface area contributed by atoms with Crippen molar-refractivity contribution in [3.05, 3.63) is 53.4 Å². The second-order valence-corrected chi connectivity index (χ2v) is 10.3. The van der Waals surface area contributed by atoms with Crippen molar-refractivity contribution in [2.45, 2.75) is 102 Å². The molecule has 0 radical (unpaired) electrons. The normalized spacial score (nSPS) is 28.2. The van der Waals surface area contributed by atoms with E-state index < -0.39 is 5.60 Å². The number of carbonyl (C=O) groups is 1. The number of benzene rings is 1. The molecular weight excluding hydrogens is 433 g/mol. The summed E-state index contributed by atoms with van der Waals surface area (Å²) < 4.78 is 21.8. The van der Waals surface area contributed by atoms with Gasteiger partial charge in [-0.15, -0.1) is 0 Å². The van der Waals surface area contributed by atoms with Crippen LogP contribution in [0, 0.1) is 5.82 Å². The van der Waals surface area contributed by atoms with Crippen LogP contribution in [0.25, 0.3) is 0 Å². The Kier molecular flexibility index (Phi) is 7.51. The van der Waals surface area contributed by atoms with E-state index >= 15 is 4.39 Å². The van der Waals surface area contributed by atoms with Gasteiger partial charge >= 0.3 is 0 Å². The number of nitrogens with one attached hydrogen (secondary N) is 1. The highest BCUT2D eigenvalue weighted by Crippen LogP contribution is 2.40. The Bertz CT molecular complexity index is 985. The Morgan fingerprint density at radius 2 is 1.76 bits per heavy atom. The van der Waals surface area contributed by atoms with Crippen molar-refractivity contribution in [2.75, 3.05) is 0 Å². The average Bonchev–Trinajstić information content (AvgIpc) is 2.80. The van der Waals surface area contributed by atoms with E-state index in [-0.39, 0.29) is 35.7 Å². The number of hydrogen-bond acceptors (Lipinski definition) is 5. The molecule has 2 saturated carbocycles. The zero-order valence-electron chi connectivity index (χ0n) is 20.4. The van der Waals surface area contributed by atoms with Crippen molar-refractivity contribution in [1.82, 2.24) is 15.3 Å². The second-order valence-electron chi connectivity index (χ2n) is 10.3. The van der Waals surface area contributed by atoms with Gasteiger partial charge in [-0.05, 0) is 82.9 Å². The Balaban J connectivity index is 1.41. The van der Waals surface area contributed by atoms with Crippen molar-refractivity contribution in [3.8, 4) is 5.75 Å². The van der Waals surface area contributed by atoms with E-state index in [9.17, 15) is 9.90 Å². The molecule has 1 aromatic heterocycles. The summed E-state index contributed by atoms with van der Waals surface area (Å²) in [7, 11) is 0. The number of aromatic nitrogens is 2. The highest BCUT2D eigenvalue weighted by molar-refractivity contribution is 5.73. The minimum atomic E-state index is -0.656. The molecule has 2 fully saturated rings. The van der Waals surface area contributed by atoms with Crippen molar-refractivity contribution in [2.24, 2.45) is 0 Å². The number of carbonyl (C=O) groups excluding carboxylic acids is 1. The van der Waals surface area contributed by atoms with Crippen LogP contribution in [-0.2, 0) is 4.79 Å². The zero-order valence-corrected chi connectivity index (χ0v) is 20.4. The Morgan fingerprint density at radius 3 is 2.41 bits per heavy atom. The highest BCUT2D eigenvalue weighted by atomic mass is 19.1. The molecule has 1 unspecified atom stereocenters. The van der Waals surface area contributed by atoms with Gasteiger partial charge in [0.05, 0.1) is 29.1 Å². The summed E-state index contributed by atoms with van der Waals surface area (Å²) in [4.78, 5) is 19.9. The second kappa shape index (κ2) is 10.4. The first kappa shape index (κ1) is 24.6. The Morgan fingerprint density at radius 1 is 1.12 bits per heavy atom. The maximum atomic E-state index is 15.5. The third kappa shape index (κ3) is 5.93. The summed E-state index contributed by atoms with van der Waals surface area (Å²) in [5, 5.41) is 13.1. The molecule has 7 heteroatoms. The number of ether oxygens (including phenoxy) is 1. The van der Waals surface area contributed by atoms with Crippen LogP contribution in [0.15, 0.2) is 30.6 Å². The van der Waals surface area contributed by atoms with Crippen molar-refractivity contribution in [3.63, 3.8) is 0 Å². The molecule has 2 aromatic rings. The Labute approximate surface area is 201 Å². The lowest BCUT2D eigenvalue weighted by Gasteiger charge is -2.33. The van der Waals surface area contributed by atoms with E-state index in [0.717, 1.165) is 49.8 Å². The van der Waals surface area contributed by atoms with E-state index in [1.165, 1.54) is 13.3 Å². The SMILES string of the molecule is CC(=O)N[C@@H](C)c1ccc(O[C@@H]2CCCC(c3ncnc(C4CCC(C)(O)CC4)c3F)C2)cc1. The van der Waals surface area contributed by atoms with Crippen LogP contribution in [0.2, 0.25) is 0 Å². The van der Waals surface area contributed by atoms with Gasteiger partial charge in [0.15, 0.2) is 5.82 Å². The molecule has 34 heavy (non-hydrogen) atoms. The standard InChI is InChI=1S/C27H36FN3O3/c1-17(31-18(2)32)19-7-9-22(10-8-19)34-23-6-4-5-21(15-23)26-24(28)25(29-16-30-26)20-11-13-27(3,33)14-12-20/h7-10,16-17,20-21,23,33H,4-6,11-15H2,1-3H3,(H,31,32)/t17-,20?,21?,23+,27?/m0/s1. The molecule has 2 aliphatic rings. The molecule has 6 nitrogen and oxygen atoms in total. The molecule has 2 aliphatic carbocycles. The fourth-order valence-corrected chi connectivity index (χ4v) is 5.40. The van der Waals surface area contributed by atoms with Crippen LogP contribution in [0.3, 0.4) is 0 Å². The largest absolute Gasteiger partial charge is 0.490 e. The summed E-state index contributed by atoms with van der Waals surface area (Å²) in [5.41, 5.74) is 1.38. The van der Waals surface area contributed by atoms with Gasteiger partial charge < -0.3 is 15.2 Å². The molecule has 1 amide bonds. The molecule has 0 bridgehead atoms.